The zero-order chi connectivity index (χ0) is 30.1. The Hall–Kier alpha value is -4.26. The molecule has 4 rings (SSSR count). The van der Waals surface area contributed by atoms with E-state index in [2.05, 4.69) is 6.92 Å². The van der Waals surface area contributed by atoms with Crippen molar-refractivity contribution in [3.05, 3.63) is 117 Å². The predicted molar refractivity (Wildman–Crippen MR) is 164 cm³/mol. The number of aryl methyl sites for hydroxylation is 1. The minimum Gasteiger partial charge on any atom is -0.464 e. The molecule has 0 aliphatic heterocycles. The molecule has 42 heavy (non-hydrogen) atoms. The summed E-state index contributed by atoms with van der Waals surface area (Å²) in [7, 11) is 0. The van der Waals surface area contributed by atoms with Crippen LogP contribution in [0.1, 0.15) is 73.5 Å². The van der Waals surface area contributed by atoms with Crippen LogP contribution in [0, 0.1) is 5.82 Å². The fourth-order valence-corrected chi connectivity index (χ4v) is 4.93. The van der Waals surface area contributed by atoms with Gasteiger partial charge in [-0.25, -0.2) is 4.39 Å². The number of para-hydroxylation sites is 1. The highest BCUT2D eigenvalue weighted by Gasteiger charge is 2.26. The Labute approximate surface area is 246 Å². The normalized spacial score (nSPS) is 11.8. The number of benzene rings is 3. The second-order valence-corrected chi connectivity index (χ2v) is 10.8. The van der Waals surface area contributed by atoms with E-state index in [9.17, 15) is 18.8 Å². The third kappa shape index (κ3) is 7.72. The van der Waals surface area contributed by atoms with Gasteiger partial charge in [0.25, 0.3) is 5.91 Å². The number of hydrogen-bond donors (Lipinski definition) is 0. The summed E-state index contributed by atoms with van der Waals surface area (Å²) in [6, 6.07) is 20.3. The molecular formula is C35H39FN2O4. The molecule has 0 N–H and O–H groups in total. The van der Waals surface area contributed by atoms with E-state index in [1.54, 1.807) is 41.3 Å². The van der Waals surface area contributed by atoms with Crippen LogP contribution in [0.5, 0.6) is 0 Å². The molecule has 4 aromatic rings. The van der Waals surface area contributed by atoms with Crippen LogP contribution in [0.2, 0.25) is 0 Å². The zero-order valence-corrected chi connectivity index (χ0v) is 24.6. The van der Waals surface area contributed by atoms with Crippen molar-refractivity contribution in [1.29, 1.82) is 0 Å². The Morgan fingerprint density at radius 3 is 2.26 bits per heavy atom. The van der Waals surface area contributed by atoms with Gasteiger partial charge in [-0.05, 0) is 73.7 Å². The number of fused-ring (bicyclic) bond motifs is 1. The number of carbonyl (C=O) groups is 2. The lowest BCUT2D eigenvalue weighted by Crippen LogP contribution is -2.46. The van der Waals surface area contributed by atoms with Crippen LogP contribution in [0.25, 0.3) is 11.0 Å². The van der Waals surface area contributed by atoms with Gasteiger partial charge in [0.2, 0.25) is 5.91 Å². The Morgan fingerprint density at radius 1 is 0.881 bits per heavy atom. The van der Waals surface area contributed by atoms with Crippen LogP contribution >= 0.6 is 0 Å². The molecule has 2 amide bonds. The molecule has 1 aromatic heterocycles. The number of unbranched alkanes of at least 4 members (excludes halogenated alkanes) is 2. The van der Waals surface area contributed by atoms with Crippen molar-refractivity contribution >= 4 is 22.8 Å². The fourth-order valence-electron chi connectivity index (χ4n) is 4.93. The van der Waals surface area contributed by atoms with Crippen LogP contribution in [-0.2, 0) is 24.3 Å². The lowest BCUT2D eigenvalue weighted by atomic mass is 10.0. The first kappa shape index (κ1) is 30.7. The molecule has 1 heterocycles. The van der Waals surface area contributed by atoms with Crippen LogP contribution in [-0.4, -0.2) is 34.2 Å². The van der Waals surface area contributed by atoms with Crippen molar-refractivity contribution in [2.75, 3.05) is 6.54 Å². The van der Waals surface area contributed by atoms with Gasteiger partial charge in [0.15, 0.2) is 5.43 Å². The molecular weight excluding hydrogens is 531 g/mol. The zero-order valence-electron chi connectivity index (χ0n) is 24.6. The standard InChI is InChI=1S/C35H39FN2O4/c1-4-6-7-10-26-13-17-28(18-14-26)35(41)38(25(3)5-2)23-33(39)37(21-27-15-19-30(36)20-16-27)22-29-24-42-32-12-9-8-11-31(32)34(29)40/h8-9,11-20,24-25H,4-7,10,21-23H2,1-3H3. The summed E-state index contributed by atoms with van der Waals surface area (Å²) in [6.45, 7) is 6.03. The van der Waals surface area contributed by atoms with Crippen molar-refractivity contribution in [3.63, 3.8) is 0 Å². The van der Waals surface area contributed by atoms with E-state index < -0.39 is 0 Å². The summed E-state index contributed by atoms with van der Waals surface area (Å²) < 4.78 is 19.3. The second kappa shape index (κ2) is 14.6. The fraction of sp³-hybridized carbons (Fsp3) is 0.343. The highest BCUT2D eigenvalue weighted by molar-refractivity contribution is 5.96. The number of hydrogen-bond acceptors (Lipinski definition) is 4. The van der Waals surface area contributed by atoms with Crippen molar-refractivity contribution in [2.24, 2.45) is 0 Å². The maximum Gasteiger partial charge on any atom is 0.254 e. The van der Waals surface area contributed by atoms with E-state index in [4.69, 9.17) is 4.42 Å². The molecule has 0 saturated carbocycles. The molecule has 220 valence electrons. The van der Waals surface area contributed by atoms with Crippen LogP contribution in [0.15, 0.2) is 88.3 Å². The molecule has 0 fully saturated rings. The minimum atomic E-state index is -0.378. The summed E-state index contributed by atoms with van der Waals surface area (Å²) in [6.07, 6.45) is 6.45. The average Bonchev–Trinajstić information content (AvgIpc) is 3.01. The van der Waals surface area contributed by atoms with Gasteiger partial charge in [-0.1, -0.05) is 63.1 Å². The second-order valence-electron chi connectivity index (χ2n) is 10.8. The lowest BCUT2D eigenvalue weighted by molar-refractivity contribution is -0.133. The summed E-state index contributed by atoms with van der Waals surface area (Å²) in [5.41, 5.74) is 2.99. The molecule has 0 saturated heterocycles. The van der Waals surface area contributed by atoms with Crippen LogP contribution in [0.3, 0.4) is 0 Å². The maximum absolute atomic E-state index is 13.9. The molecule has 0 radical (unpaired) electrons. The van der Waals surface area contributed by atoms with Crippen molar-refractivity contribution < 1.29 is 18.4 Å². The van der Waals surface area contributed by atoms with E-state index in [1.807, 2.05) is 38.1 Å². The third-order valence-electron chi connectivity index (χ3n) is 7.71. The summed E-state index contributed by atoms with van der Waals surface area (Å²) in [5, 5.41) is 0.429. The highest BCUT2D eigenvalue weighted by Crippen LogP contribution is 2.18. The van der Waals surface area contributed by atoms with Gasteiger partial charge >= 0.3 is 0 Å². The van der Waals surface area contributed by atoms with E-state index in [-0.39, 0.29) is 48.7 Å². The van der Waals surface area contributed by atoms with Gasteiger partial charge in [-0.3, -0.25) is 14.4 Å². The number of nitrogens with zero attached hydrogens (tertiary/aromatic N) is 2. The Balaban J connectivity index is 1.59. The predicted octanol–water partition coefficient (Wildman–Crippen LogP) is 7.13. The van der Waals surface area contributed by atoms with Gasteiger partial charge in [0.1, 0.15) is 17.9 Å². The van der Waals surface area contributed by atoms with E-state index in [0.29, 0.717) is 34.1 Å². The van der Waals surface area contributed by atoms with Gasteiger partial charge in [0.05, 0.1) is 23.8 Å². The SMILES string of the molecule is CCCCCc1ccc(C(=O)N(CC(=O)N(Cc2ccc(F)cc2)Cc2coc3ccccc3c2=O)C(C)CC)cc1. The minimum absolute atomic E-state index is 0.0155. The number of rotatable bonds is 13. The first-order valence-corrected chi connectivity index (χ1v) is 14.7. The van der Waals surface area contributed by atoms with Gasteiger partial charge in [-0.2, -0.15) is 0 Å². The molecule has 7 heteroatoms. The van der Waals surface area contributed by atoms with Crippen LogP contribution in [0.4, 0.5) is 4.39 Å². The van der Waals surface area contributed by atoms with E-state index in [1.165, 1.54) is 35.3 Å². The summed E-state index contributed by atoms with van der Waals surface area (Å²) in [5.74, 6) is -0.918. The van der Waals surface area contributed by atoms with Crippen molar-refractivity contribution in [1.82, 2.24) is 9.80 Å². The summed E-state index contributed by atoms with van der Waals surface area (Å²) >= 11 is 0. The molecule has 0 aliphatic carbocycles. The van der Waals surface area contributed by atoms with E-state index >= 15 is 0 Å². The Kier molecular flexibility index (Phi) is 10.7. The molecule has 1 atom stereocenters. The monoisotopic (exact) mass is 570 g/mol. The smallest absolute Gasteiger partial charge is 0.254 e. The highest BCUT2D eigenvalue weighted by atomic mass is 19.1. The maximum atomic E-state index is 13.9. The third-order valence-corrected chi connectivity index (χ3v) is 7.71. The quantitative estimate of drug-likeness (QED) is 0.160. The first-order valence-electron chi connectivity index (χ1n) is 14.7. The van der Waals surface area contributed by atoms with Gasteiger partial charge in [0, 0.05) is 18.2 Å². The Bertz CT molecular complexity index is 1550. The molecule has 0 aliphatic rings. The van der Waals surface area contributed by atoms with E-state index in [0.717, 1.165) is 19.3 Å². The number of halogens is 1. The number of carbonyl (C=O) groups excluding carboxylic acids is 2. The largest absolute Gasteiger partial charge is 0.464 e. The lowest BCUT2D eigenvalue weighted by Gasteiger charge is -2.31. The first-order chi connectivity index (χ1) is 20.3. The average molecular weight is 571 g/mol. The Morgan fingerprint density at radius 2 is 1.57 bits per heavy atom. The molecule has 6 nitrogen and oxygen atoms in total. The topological polar surface area (TPSA) is 70.8 Å². The molecule has 0 bridgehead atoms. The molecule has 0 spiro atoms. The number of amides is 2. The van der Waals surface area contributed by atoms with Crippen LogP contribution < -0.4 is 5.43 Å². The van der Waals surface area contributed by atoms with Gasteiger partial charge < -0.3 is 14.2 Å². The molecule has 3 aromatic carbocycles. The van der Waals surface area contributed by atoms with Crippen molar-refractivity contribution in [2.45, 2.75) is 72.0 Å². The molecule has 1 unspecified atom stereocenters. The summed E-state index contributed by atoms with van der Waals surface area (Å²) in [4.78, 5) is 43.9. The van der Waals surface area contributed by atoms with Gasteiger partial charge in [-0.15, -0.1) is 0 Å². The van der Waals surface area contributed by atoms with Crippen molar-refractivity contribution in [3.8, 4) is 0 Å².